The highest BCUT2D eigenvalue weighted by Gasteiger charge is 2.27. The maximum absolute atomic E-state index is 11.5. The average molecular weight is 274 g/mol. The fourth-order valence-corrected chi connectivity index (χ4v) is 1.47. The fourth-order valence-electron chi connectivity index (χ4n) is 1.47. The molecule has 0 saturated heterocycles. The van der Waals surface area contributed by atoms with Crippen molar-refractivity contribution in [1.82, 2.24) is 0 Å². The van der Waals surface area contributed by atoms with Crippen molar-refractivity contribution >= 4 is 5.97 Å². The number of carbonyl (C=O) groups is 1. The molecule has 5 heteroatoms. The largest absolute Gasteiger partial charge is 0.462 e. The predicted octanol–water partition coefficient (Wildman–Crippen LogP) is 1.02. The highest BCUT2D eigenvalue weighted by Crippen LogP contribution is 2.22. The van der Waals surface area contributed by atoms with Gasteiger partial charge in [0.2, 0.25) is 0 Å². The van der Waals surface area contributed by atoms with E-state index in [-0.39, 0.29) is 25.8 Å². The molecule has 0 aliphatic rings. The number of hydrogen-bond acceptors (Lipinski definition) is 5. The Hall–Kier alpha value is -0.910. The van der Waals surface area contributed by atoms with Crippen molar-refractivity contribution in [2.45, 2.75) is 40.0 Å². The molecule has 5 nitrogen and oxygen atoms in total. The number of esters is 1. The molecule has 0 unspecified atom stereocenters. The van der Waals surface area contributed by atoms with Crippen molar-refractivity contribution in [2.24, 2.45) is 5.41 Å². The van der Waals surface area contributed by atoms with Gasteiger partial charge in [-0.05, 0) is 40.0 Å². The summed E-state index contributed by atoms with van der Waals surface area (Å²) in [4.78, 5) is 11.5. The van der Waals surface area contributed by atoms with Gasteiger partial charge in [0, 0.05) is 11.0 Å². The van der Waals surface area contributed by atoms with E-state index in [0.29, 0.717) is 31.4 Å². The lowest BCUT2D eigenvalue weighted by Crippen LogP contribution is -2.33. The van der Waals surface area contributed by atoms with E-state index in [1.807, 2.05) is 13.8 Å². The Morgan fingerprint density at radius 1 is 1.00 bits per heavy atom. The van der Waals surface area contributed by atoms with Crippen molar-refractivity contribution in [3.8, 4) is 0 Å². The first kappa shape index (κ1) is 18.1. The molecule has 0 spiro atoms. The standard InChI is InChI=1S/C14H26O5/c1-11(2)12(3)13(18)19-7-5-4-6-14(8-15,9-16)10-17/h15-17H,4-10H2,1-3H3. The quantitative estimate of drug-likeness (QED) is 0.332. The van der Waals surface area contributed by atoms with Crippen molar-refractivity contribution in [2.75, 3.05) is 26.4 Å². The highest BCUT2D eigenvalue weighted by molar-refractivity contribution is 5.88. The van der Waals surface area contributed by atoms with E-state index in [2.05, 4.69) is 0 Å². The molecule has 0 atom stereocenters. The zero-order valence-electron chi connectivity index (χ0n) is 12.1. The summed E-state index contributed by atoms with van der Waals surface area (Å²) < 4.78 is 5.10. The summed E-state index contributed by atoms with van der Waals surface area (Å²) in [6.45, 7) is 4.99. The van der Waals surface area contributed by atoms with Crippen LogP contribution in [0.25, 0.3) is 0 Å². The van der Waals surface area contributed by atoms with Gasteiger partial charge in [0.15, 0.2) is 0 Å². The predicted molar refractivity (Wildman–Crippen MR) is 72.5 cm³/mol. The Labute approximate surface area is 114 Å². The van der Waals surface area contributed by atoms with E-state index in [1.165, 1.54) is 0 Å². The topological polar surface area (TPSA) is 87.0 Å². The molecule has 3 N–H and O–H groups in total. The first-order valence-corrected chi connectivity index (χ1v) is 6.56. The minimum absolute atomic E-state index is 0.253. The van der Waals surface area contributed by atoms with Crippen molar-refractivity contribution < 1.29 is 24.9 Å². The van der Waals surface area contributed by atoms with Crippen LogP contribution in [0.3, 0.4) is 0 Å². The van der Waals surface area contributed by atoms with Crippen LogP contribution in [-0.4, -0.2) is 47.7 Å². The molecule has 0 rings (SSSR count). The van der Waals surface area contributed by atoms with Gasteiger partial charge in [0.05, 0.1) is 26.4 Å². The van der Waals surface area contributed by atoms with E-state index in [0.717, 1.165) is 5.57 Å². The third kappa shape index (κ3) is 6.18. The van der Waals surface area contributed by atoms with Gasteiger partial charge < -0.3 is 20.1 Å². The number of allylic oxidation sites excluding steroid dienone is 1. The molecule has 0 aromatic rings. The van der Waals surface area contributed by atoms with Crippen LogP contribution in [-0.2, 0) is 9.53 Å². The van der Waals surface area contributed by atoms with Gasteiger partial charge in [-0.1, -0.05) is 5.57 Å². The molecule has 0 saturated carbocycles. The van der Waals surface area contributed by atoms with Crippen LogP contribution in [0.2, 0.25) is 0 Å². The van der Waals surface area contributed by atoms with E-state index >= 15 is 0 Å². The Morgan fingerprint density at radius 3 is 1.95 bits per heavy atom. The molecule has 0 aliphatic heterocycles. The van der Waals surface area contributed by atoms with Crippen LogP contribution in [0, 0.1) is 5.41 Å². The number of carbonyl (C=O) groups excluding carboxylic acids is 1. The lowest BCUT2D eigenvalue weighted by atomic mass is 9.85. The fraction of sp³-hybridized carbons (Fsp3) is 0.786. The highest BCUT2D eigenvalue weighted by atomic mass is 16.5. The number of ether oxygens (including phenoxy) is 1. The Kier molecular flexibility index (Phi) is 8.63. The summed E-state index contributed by atoms with van der Waals surface area (Å²) in [6.07, 6.45) is 1.81. The second kappa shape index (κ2) is 9.07. The molecule has 0 aliphatic carbocycles. The summed E-state index contributed by atoms with van der Waals surface area (Å²) in [7, 11) is 0. The van der Waals surface area contributed by atoms with Gasteiger partial charge in [-0.25, -0.2) is 4.79 Å². The Morgan fingerprint density at radius 2 is 1.53 bits per heavy atom. The minimum Gasteiger partial charge on any atom is -0.462 e. The molecule has 0 bridgehead atoms. The summed E-state index contributed by atoms with van der Waals surface area (Å²) in [5.74, 6) is -0.308. The lowest BCUT2D eigenvalue weighted by molar-refractivity contribution is -0.139. The molecule has 0 heterocycles. The van der Waals surface area contributed by atoms with Crippen LogP contribution in [0.1, 0.15) is 40.0 Å². The smallest absolute Gasteiger partial charge is 0.333 e. The lowest BCUT2D eigenvalue weighted by Gasteiger charge is -2.27. The maximum Gasteiger partial charge on any atom is 0.333 e. The molecule has 0 fully saturated rings. The SMILES string of the molecule is CC(C)=C(C)C(=O)OCCCCC(CO)(CO)CO. The molecule has 112 valence electrons. The number of hydrogen-bond donors (Lipinski definition) is 3. The summed E-state index contributed by atoms with van der Waals surface area (Å²) in [6, 6.07) is 0. The van der Waals surface area contributed by atoms with Crippen LogP contribution in [0.4, 0.5) is 0 Å². The Balaban J connectivity index is 3.94. The normalized spacial score (nSPS) is 11.3. The van der Waals surface area contributed by atoms with Crippen molar-refractivity contribution in [3.05, 3.63) is 11.1 Å². The molecule has 0 amide bonds. The van der Waals surface area contributed by atoms with Gasteiger partial charge >= 0.3 is 5.97 Å². The van der Waals surface area contributed by atoms with E-state index < -0.39 is 5.41 Å². The second-order valence-electron chi connectivity index (χ2n) is 5.19. The van der Waals surface area contributed by atoms with Crippen LogP contribution in [0.15, 0.2) is 11.1 Å². The number of aliphatic hydroxyl groups is 3. The monoisotopic (exact) mass is 274 g/mol. The number of unbranched alkanes of at least 4 members (excludes halogenated alkanes) is 1. The zero-order chi connectivity index (χ0) is 14.9. The number of aliphatic hydroxyl groups excluding tert-OH is 3. The van der Waals surface area contributed by atoms with Gasteiger partial charge in [-0.15, -0.1) is 0 Å². The van der Waals surface area contributed by atoms with Crippen molar-refractivity contribution in [1.29, 1.82) is 0 Å². The number of rotatable bonds is 9. The second-order valence-corrected chi connectivity index (χ2v) is 5.19. The molecule has 0 radical (unpaired) electrons. The van der Waals surface area contributed by atoms with Gasteiger partial charge in [-0.2, -0.15) is 0 Å². The third-order valence-corrected chi connectivity index (χ3v) is 3.40. The summed E-state index contributed by atoms with van der Waals surface area (Å²) in [5.41, 5.74) is 0.722. The van der Waals surface area contributed by atoms with E-state index in [1.54, 1.807) is 6.92 Å². The Bertz CT molecular complexity index is 293. The molecular formula is C14H26O5. The van der Waals surface area contributed by atoms with E-state index in [9.17, 15) is 4.79 Å². The van der Waals surface area contributed by atoms with Crippen LogP contribution in [0.5, 0.6) is 0 Å². The summed E-state index contributed by atoms with van der Waals surface area (Å²) >= 11 is 0. The average Bonchev–Trinajstić information content (AvgIpc) is 2.42. The van der Waals surface area contributed by atoms with Crippen LogP contribution < -0.4 is 0 Å². The van der Waals surface area contributed by atoms with Gasteiger partial charge in [0.25, 0.3) is 0 Å². The zero-order valence-corrected chi connectivity index (χ0v) is 12.1. The third-order valence-electron chi connectivity index (χ3n) is 3.40. The first-order valence-electron chi connectivity index (χ1n) is 6.56. The summed E-state index contributed by atoms with van der Waals surface area (Å²) in [5, 5.41) is 27.4. The van der Waals surface area contributed by atoms with Gasteiger partial charge in [0.1, 0.15) is 0 Å². The van der Waals surface area contributed by atoms with Crippen LogP contribution >= 0.6 is 0 Å². The maximum atomic E-state index is 11.5. The minimum atomic E-state index is -0.833. The molecule has 19 heavy (non-hydrogen) atoms. The van der Waals surface area contributed by atoms with Gasteiger partial charge in [-0.3, -0.25) is 0 Å². The van der Waals surface area contributed by atoms with Crippen molar-refractivity contribution in [3.63, 3.8) is 0 Å². The molecular weight excluding hydrogens is 248 g/mol. The van der Waals surface area contributed by atoms with E-state index in [4.69, 9.17) is 20.1 Å². The molecule has 0 aromatic carbocycles. The molecule has 0 aromatic heterocycles. The first-order chi connectivity index (χ1) is 8.92.